The Balaban J connectivity index is 1.88. The summed E-state index contributed by atoms with van der Waals surface area (Å²) in [5, 5.41) is 15.9. The highest BCUT2D eigenvalue weighted by atomic mass is 32.2. The fourth-order valence-electron chi connectivity index (χ4n) is 1.70. The van der Waals surface area contributed by atoms with Crippen molar-refractivity contribution in [1.29, 1.82) is 0 Å². The maximum Gasteiger partial charge on any atom is 0.358 e. The van der Waals surface area contributed by atoms with E-state index in [-0.39, 0.29) is 31.4 Å². The quantitative estimate of drug-likeness (QED) is 0.576. The van der Waals surface area contributed by atoms with Crippen LogP contribution in [0.1, 0.15) is 16.5 Å². The first-order valence-corrected chi connectivity index (χ1v) is 7.27. The number of nitrogens with zero attached hydrogens (tertiary/aromatic N) is 4. The van der Waals surface area contributed by atoms with Crippen LogP contribution in [0.5, 0.6) is 0 Å². The molecule has 2 heterocycles. The number of nitrogens with one attached hydrogen (secondary N) is 1. The molecule has 0 aromatic carbocycles. The summed E-state index contributed by atoms with van der Waals surface area (Å²) in [5.74, 6) is -1.17. The molecule has 0 unspecified atom stereocenters. The second kappa shape index (κ2) is 5.83. The molecule has 0 amide bonds. The largest absolute Gasteiger partial charge is 0.476 e. The Morgan fingerprint density at radius 1 is 1.60 bits per heavy atom. The Bertz CT molecular complexity index is 579. The summed E-state index contributed by atoms with van der Waals surface area (Å²) >= 11 is 0. The third-order valence-corrected chi connectivity index (χ3v) is 4.41. The van der Waals surface area contributed by atoms with Crippen LogP contribution in [-0.4, -0.2) is 72.1 Å². The van der Waals surface area contributed by atoms with Crippen LogP contribution in [-0.2, 0) is 14.9 Å². The predicted molar refractivity (Wildman–Crippen MR) is 66.4 cm³/mol. The summed E-state index contributed by atoms with van der Waals surface area (Å²) in [4.78, 5) is 10.7. The maximum absolute atomic E-state index is 11.8. The van der Waals surface area contributed by atoms with E-state index in [9.17, 15) is 13.2 Å². The molecule has 1 aliphatic heterocycles. The first-order chi connectivity index (χ1) is 9.44. The van der Waals surface area contributed by atoms with Gasteiger partial charge in [-0.1, -0.05) is 5.21 Å². The molecule has 0 aliphatic carbocycles. The second-order valence-electron chi connectivity index (χ2n) is 4.25. The molecule has 1 aliphatic rings. The third-order valence-electron chi connectivity index (χ3n) is 2.86. The van der Waals surface area contributed by atoms with E-state index in [4.69, 9.17) is 9.84 Å². The van der Waals surface area contributed by atoms with Crippen LogP contribution in [0.3, 0.4) is 0 Å². The number of carboxylic acids is 1. The minimum atomic E-state index is -3.52. The summed E-state index contributed by atoms with van der Waals surface area (Å²) in [6.07, 6.45) is 1.29. The van der Waals surface area contributed by atoms with E-state index in [1.165, 1.54) is 22.3 Å². The smallest absolute Gasteiger partial charge is 0.358 e. The fourth-order valence-corrected chi connectivity index (χ4v) is 2.96. The summed E-state index contributed by atoms with van der Waals surface area (Å²) in [6.45, 7) is 0.948. The highest BCUT2D eigenvalue weighted by Crippen LogP contribution is 2.22. The van der Waals surface area contributed by atoms with Crippen LogP contribution < -0.4 is 4.72 Å². The molecular formula is C9H15N5O5S. The molecule has 20 heavy (non-hydrogen) atoms. The van der Waals surface area contributed by atoms with Crippen molar-refractivity contribution in [3.63, 3.8) is 0 Å². The average molecular weight is 305 g/mol. The molecule has 0 spiro atoms. The molecule has 1 aromatic heterocycles. The van der Waals surface area contributed by atoms with Gasteiger partial charge in [-0.05, 0) is 0 Å². The van der Waals surface area contributed by atoms with Crippen molar-refractivity contribution in [3.8, 4) is 0 Å². The van der Waals surface area contributed by atoms with E-state index in [0.29, 0.717) is 6.61 Å². The van der Waals surface area contributed by atoms with E-state index in [1.807, 2.05) is 0 Å². The standard InChI is InChI=1S/C9H15N5O5S/c1-19-3-2-10-20(17,18)13-4-7(5-13)14-6-8(9(15)16)11-12-14/h6-7,10H,2-5H2,1H3,(H,15,16). The van der Waals surface area contributed by atoms with Gasteiger partial charge in [-0.2, -0.15) is 17.4 Å². The van der Waals surface area contributed by atoms with Crippen LogP contribution in [0.15, 0.2) is 6.20 Å². The Kier molecular flexibility index (Phi) is 4.32. The topological polar surface area (TPSA) is 127 Å². The normalized spacial score (nSPS) is 17.1. The van der Waals surface area contributed by atoms with Crippen molar-refractivity contribution < 1.29 is 23.1 Å². The molecule has 1 saturated heterocycles. The van der Waals surface area contributed by atoms with E-state index in [0.717, 1.165) is 0 Å². The molecule has 10 nitrogen and oxygen atoms in total. The number of carboxylic acid groups (broad SMARTS) is 1. The lowest BCUT2D eigenvalue weighted by atomic mass is 10.2. The minimum Gasteiger partial charge on any atom is -0.476 e. The summed E-state index contributed by atoms with van der Waals surface area (Å²) < 4.78 is 33.4. The van der Waals surface area contributed by atoms with Gasteiger partial charge in [-0.3, -0.25) is 0 Å². The highest BCUT2D eigenvalue weighted by molar-refractivity contribution is 7.87. The first-order valence-electron chi connectivity index (χ1n) is 5.83. The Morgan fingerprint density at radius 3 is 2.85 bits per heavy atom. The Labute approximate surface area is 115 Å². The van der Waals surface area contributed by atoms with Gasteiger partial charge in [0, 0.05) is 26.7 Å². The molecule has 1 aromatic rings. The van der Waals surface area contributed by atoms with Gasteiger partial charge in [0.05, 0.1) is 18.8 Å². The number of carbonyl (C=O) groups is 1. The van der Waals surface area contributed by atoms with Crippen LogP contribution in [0.25, 0.3) is 0 Å². The second-order valence-corrected chi connectivity index (χ2v) is 6.01. The van der Waals surface area contributed by atoms with Gasteiger partial charge < -0.3 is 9.84 Å². The number of ether oxygens (including phenoxy) is 1. The lowest BCUT2D eigenvalue weighted by Crippen LogP contribution is -2.54. The SMILES string of the molecule is COCCNS(=O)(=O)N1CC(n2cc(C(=O)O)nn2)C1. The van der Waals surface area contributed by atoms with Gasteiger partial charge >= 0.3 is 5.97 Å². The van der Waals surface area contributed by atoms with E-state index in [1.54, 1.807) is 0 Å². The number of aromatic carboxylic acids is 1. The molecule has 1 fully saturated rings. The molecule has 0 saturated carbocycles. The fraction of sp³-hybridized carbons (Fsp3) is 0.667. The summed E-state index contributed by atoms with van der Waals surface area (Å²) in [7, 11) is -2.04. The zero-order valence-electron chi connectivity index (χ0n) is 10.8. The van der Waals surface area contributed by atoms with E-state index >= 15 is 0 Å². The van der Waals surface area contributed by atoms with Crippen LogP contribution in [0.4, 0.5) is 0 Å². The summed E-state index contributed by atoms with van der Waals surface area (Å²) in [6, 6.07) is -0.199. The van der Waals surface area contributed by atoms with Crippen molar-refractivity contribution in [3.05, 3.63) is 11.9 Å². The van der Waals surface area contributed by atoms with Gasteiger partial charge in [0.2, 0.25) is 0 Å². The lowest BCUT2D eigenvalue weighted by molar-refractivity contribution is 0.0690. The van der Waals surface area contributed by atoms with Gasteiger partial charge in [0.1, 0.15) is 0 Å². The Morgan fingerprint density at radius 2 is 2.30 bits per heavy atom. The molecular weight excluding hydrogens is 290 g/mol. The van der Waals surface area contributed by atoms with Crippen molar-refractivity contribution in [2.75, 3.05) is 33.4 Å². The van der Waals surface area contributed by atoms with Crippen LogP contribution in [0, 0.1) is 0 Å². The number of hydrogen-bond acceptors (Lipinski definition) is 6. The molecule has 0 atom stereocenters. The monoisotopic (exact) mass is 305 g/mol. The molecule has 0 bridgehead atoms. The highest BCUT2D eigenvalue weighted by Gasteiger charge is 2.37. The third kappa shape index (κ3) is 3.12. The number of methoxy groups -OCH3 is 1. The average Bonchev–Trinajstić information content (AvgIpc) is 2.76. The number of hydrogen-bond donors (Lipinski definition) is 2. The van der Waals surface area contributed by atoms with Crippen molar-refractivity contribution in [2.24, 2.45) is 0 Å². The molecule has 0 radical (unpaired) electrons. The van der Waals surface area contributed by atoms with Crippen molar-refractivity contribution in [2.45, 2.75) is 6.04 Å². The van der Waals surface area contributed by atoms with Gasteiger partial charge in [0.25, 0.3) is 10.2 Å². The summed E-state index contributed by atoms with van der Waals surface area (Å²) in [5.41, 5.74) is -0.162. The maximum atomic E-state index is 11.8. The van der Waals surface area contributed by atoms with Crippen molar-refractivity contribution in [1.82, 2.24) is 24.0 Å². The number of aromatic nitrogens is 3. The van der Waals surface area contributed by atoms with Crippen LogP contribution in [0.2, 0.25) is 0 Å². The minimum absolute atomic E-state index is 0.162. The molecule has 11 heteroatoms. The van der Waals surface area contributed by atoms with Gasteiger partial charge in [0.15, 0.2) is 5.69 Å². The molecule has 2 rings (SSSR count). The zero-order valence-corrected chi connectivity index (χ0v) is 11.6. The lowest BCUT2D eigenvalue weighted by Gasteiger charge is -2.37. The van der Waals surface area contributed by atoms with Gasteiger partial charge in [-0.25, -0.2) is 9.48 Å². The predicted octanol–water partition coefficient (Wildman–Crippen LogP) is -1.69. The van der Waals surface area contributed by atoms with Crippen LogP contribution >= 0.6 is 0 Å². The first kappa shape index (κ1) is 14.8. The van der Waals surface area contributed by atoms with E-state index < -0.39 is 16.2 Å². The van der Waals surface area contributed by atoms with E-state index in [2.05, 4.69) is 15.0 Å². The molecule has 112 valence electrons. The van der Waals surface area contributed by atoms with Crippen molar-refractivity contribution >= 4 is 16.2 Å². The zero-order chi connectivity index (χ0) is 14.8. The molecule has 2 N–H and O–H groups in total. The number of rotatable bonds is 7. The Hall–Kier alpha value is -1.56. The van der Waals surface area contributed by atoms with Gasteiger partial charge in [-0.15, -0.1) is 5.10 Å².